The summed E-state index contributed by atoms with van der Waals surface area (Å²) in [7, 11) is 1.75. The van der Waals surface area contributed by atoms with Crippen LogP contribution in [0.4, 0.5) is 5.82 Å². The standard InChI is InChI=1S/C15H19N7O2/c1-19-5-4-9(16)8-6-22(11-3-2-10(24-11)14(18)23)15-12(8)13(17)20-7-21-15/h4-7,10-11,16,19H,2-3H2,1H3,(H2,18,23)(H2,17,20,21)/b5-4-,16-9?. The van der Waals surface area contributed by atoms with E-state index in [0.717, 1.165) is 0 Å². The van der Waals surface area contributed by atoms with Crippen molar-refractivity contribution in [2.45, 2.75) is 25.2 Å². The van der Waals surface area contributed by atoms with Crippen LogP contribution in [0.25, 0.3) is 11.0 Å². The Hall–Kier alpha value is -2.94. The maximum atomic E-state index is 11.3. The molecular weight excluding hydrogens is 310 g/mol. The van der Waals surface area contributed by atoms with Gasteiger partial charge < -0.3 is 31.5 Å². The van der Waals surface area contributed by atoms with Crippen molar-refractivity contribution in [2.75, 3.05) is 12.8 Å². The van der Waals surface area contributed by atoms with Crippen molar-refractivity contribution in [1.82, 2.24) is 19.9 Å². The third kappa shape index (κ3) is 2.69. The largest absolute Gasteiger partial charge is 0.394 e. The lowest BCUT2D eigenvalue weighted by Crippen LogP contribution is -2.28. The third-order valence-corrected chi connectivity index (χ3v) is 3.97. The van der Waals surface area contributed by atoms with Crippen molar-refractivity contribution in [2.24, 2.45) is 5.73 Å². The first-order chi connectivity index (χ1) is 11.5. The molecule has 2 aromatic heterocycles. The van der Waals surface area contributed by atoms with Gasteiger partial charge in [0.05, 0.1) is 11.1 Å². The molecule has 0 saturated carbocycles. The monoisotopic (exact) mass is 329 g/mol. The molecule has 1 fully saturated rings. The van der Waals surface area contributed by atoms with Gasteiger partial charge in [0, 0.05) is 18.8 Å². The summed E-state index contributed by atoms with van der Waals surface area (Å²) in [5.74, 6) is -0.186. The van der Waals surface area contributed by atoms with Crippen molar-refractivity contribution in [3.05, 3.63) is 30.4 Å². The highest BCUT2D eigenvalue weighted by Crippen LogP contribution is 2.34. The molecule has 0 spiro atoms. The van der Waals surface area contributed by atoms with Crippen LogP contribution >= 0.6 is 0 Å². The average Bonchev–Trinajstić information content (AvgIpc) is 3.17. The molecule has 24 heavy (non-hydrogen) atoms. The molecule has 9 nitrogen and oxygen atoms in total. The number of carbonyl (C=O) groups excluding carboxylic acids is 1. The van der Waals surface area contributed by atoms with E-state index in [1.807, 2.05) is 0 Å². The molecule has 2 atom stereocenters. The van der Waals surface area contributed by atoms with Gasteiger partial charge in [-0.05, 0) is 25.1 Å². The van der Waals surface area contributed by atoms with Crippen LogP contribution in [0.3, 0.4) is 0 Å². The van der Waals surface area contributed by atoms with Crippen molar-refractivity contribution in [3.63, 3.8) is 0 Å². The molecule has 1 aliphatic rings. The van der Waals surface area contributed by atoms with Gasteiger partial charge in [0.15, 0.2) is 0 Å². The van der Waals surface area contributed by atoms with Crippen LogP contribution in [0.15, 0.2) is 24.8 Å². The lowest BCUT2D eigenvalue weighted by Gasteiger charge is -2.14. The number of anilines is 1. The van der Waals surface area contributed by atoms with Crippen LogP contribution in [-0.2, 0) is 9.53 Å². The number of nitrogens with one attached hydrogen (secondary N) is 2. The maximum Gasteiger partial charge on any atom is 0.246 e. The Bertz CT molecular complexity index is 827. The van der Waals surface area contributed by atoms with Crippen molar-refractivity contribution in [3.8, 4) is 0 Å². The van der Waals surface area contributed by atoms with Crippen LogP contribution in [0.1, 0.15) is 24.6 Å². The number of allylic oxidation sites excluding steroid dienone is 1. The van der Waals surface area contributed by atoms with Crippen LogP contribution in [0.5, 0.6) is 0 Å². The number of amides is 1. The minimum atomic E-state index is -0.612. The third-order valence-electron chi connectivity index (χ3n) is 3.97. The molecule has 1 aliphatic heterocycles. The molecular formula is C15H19N7O2. The fourth-order valence-electron chi connectivity index (χ4n) is 2.82. The Kier molecular flexibility index (Phi) is 4.17. The first-order valence-corrected chi connectivity index (χ1v) is 7.51. The average molecular weight is 329 g/mol. The van der Waals surface area contributed by atoms with Gasteiger partial charge in [-0.2, -0.15) is 0 Å². The number of carbonyl (C=O) groups is 1. The van der Waals surface area contributed by atoms with Gasteiger partial charge in [-0.3, -0.25) is 4.79 Å². The molecule has 0 radical (unpaired) electrons. The van der Waals surface area contributed by atoms with Crippen LogP contribution < -0.4 is 16.8 Å². The molecule has 0 bridgehead atoms. The summed E-state index contributed by atoms with van der Waals surface area (Å²) in [6.45, 7) is 0. The van der Waals surface area contributed by atoms with Crippen LogP contribution in [0.2, 0.25) is 0 Å². The van der Waals surface area contributed by atoms with Crippen molar-refractivity contribution >= 4 is 28.5 Å². The highest BCUT2D eigenvalue weighted by atomic mass is 16.5. The van der Waals surface area contributed by atoms with Crippen LogP contribution in [-0.4, -0.2) is 39.3 Å². The van der Waals surface area contributed by atoms with Crippen LogP contribution in [0, 0.1) is 5.41 Å². The lowest BCUT2D eigenvalue weighted by molar-refractivity contribution is -0.130. The van der Waals surface area contributed by atoms with E-state index in [-0.39, 0.29) is 11.9 Å². The van der Waals surface area contributed by atoms with E-state index in [9.17, 15) is 4.79 Å². The molecule has 2 unspecified atom stereocenters. The summed E-state index contributed by atoms with van der Waals surface area (Å²) in [5, 5.41) is 11.7. The Morgan fingerprint density at radius 1 is 1.50 bits per heavy atom. The second-order valence-corrected chi connectivity index (χ2v) is 5.50. The molecule has 1 amide bonds. The number of ether oxygens (including phenoxy) is 1. The topological polar surface area (TPSA) is 145 Å². The first kappa shape index (κ1) is 15.9. The molecule has 2 aromatic rings. The number of hydrogen-bond acceptors (Lipinski definition) is 7. The number of nitrogen functional groups attached to an aromatic ring is 1. The summed E-state index contributed by atoms with van der Waals surface area (Å²) < 4.78 is 7.50. The van der Waals surface area contributed by atoms with Gasteiger partial charge in [0.2, 0.25) is 5.91 Å². The number of aromatic nitrogens is 3. The van der Waals surface area contributed by atoms with E-state index < -0.39 is 12.0 Å². The predicted octanol–water partition coefficient (Wildman–Crippen LogP) is 0.277. The quantitative estimate of drug-likeness (QED) is 0.580. The number of fused-ring (bicyclic) bond motifs is 1. The number of rotatable bonds is 5. The Morgan fingerprint density at radius 3 is 2.96 bits per heavy atom. The molecule has 9 heteroatoms. The van der Waals surface area contributed by atoms with E-state index in [2.05, 4.69) is 15.3 Å². The normalized spacial score (nSPS) is 20.7. The highest BCUT2D eigenvalue weighted by molar-refractivity contribution is 6.16. The van der Waals surface area contributed by atoms with Crippen molar-refractivity contribution in [1.29, 1.82) is 5.41 Å². The predicted molar refractivity (Wildman–Crippen MR) is 89.3 cm³/mol. The van der Waals surface area contributed by atoms with Gasteiger partial charge in [0.1, 0.15) is 30.1 Å². The van der Waals surface area contributed by atoms with Gasteiger partial charge in [-0.15, -0.1) is 0 Å². The summed E-state index contributed by atoms with van der Waals surface area (Å²) in [6, 6.07) is 0. The molecule has 1 saturated heterocycles. The molecule has 6 N–H and O–H groups in total. The van der Waals surface area contributed by atoms with Gasteiger partial charge in [0.25, 0.3) is 0 Å². The smallest absolute Gasteiger partial charge is 0.246 e. The number of primary amides is 1. The van der Waals surface area contributed by atoms with E-state index in [1.165, 1.54) is 6.33 Å². The second kappa shape index (κ2) is 6.28. The van der Waals surface area contributed by atoms with Gasteiger partial charge in [-0.25, -0.2) is 9.97 Å². The first-order valence-electron chi connectivity index (χ1n) is 7.51. The lowest BCUT2D eigenvalue weighted by atomic mass is 10.1. The van der Waals surface area contributed by atoms with Gasteiger partial charge in [-0.1, -0.05) is 0 Å². The van der Waals surface area contributed by atoms with Crippen molar-refractivity contribution < 1.29 is 9.53 Å². The SMILES string of the molecule is CN/C=C\C(=N)c1cn(C2CCC(C(N)=O)O2)c2ncnc(N)c12. The Balaban J connectivity index is 2.07. The zero-order valence-corrected chi connectivity index (χ0v) is 13.2. The molecule has 126 valence electrons. The summed E-state index contributed by atoms with van der Waals surface area (Å²) >= 11 is 0. The van der Waals surface area contributed by atoms with E-state index in [1.54, 1.807) is 30.1 Å². The minimum Gasteiger partial charge on any atom is -0.394 e. The Morgan fingerprint density at radius 2 is 2.29 bits per heavy atom. The van der Waals surface area contributed by atoms with E-state index in [4.69, 9.17) is 21.6 Å². The van der Waals surface area contributed by atoms with Gasteiger partial charge >= 0.3 is 0 Å². The fraction of sp³-hybridized carbons (Fsp3) is 0.333. The highest BCUT2D eigenvalue weighted by Gasteiger charge is 2.32. The molecule has 3 heterocycles. The zero-order chi connectivity index (χ0) is 17.3. The fourth-order valence-corrected chi connectivity index (χ4v) is 2.82. The summed E-state index contributed by atoms with van der Waals surface area (Å²) in [6.07, 6.45) is 6.58. The number of nitrogens with two attached hydrogens (primary N) is 2. The summed E-state index contributed by atoms with van der Waals surface area (Å²) in [4.78, 5) is 19.6. The number of hydrogen-bond donors (Lipinski definition) is 4. The second-order valence-electron chi connectivity index (χ2n) is 5.50. The van der Waals surface area contributed by atoms with E-state index in [0.29, 0.717) is 35.3 Å². The molecule has 0 aliphatic carbocycles. The van der Waals surface area contributed by atoms with E-state index >= 15 is 0 Å². The number of nitrogens with zero attached hydrogens (tertiary/aromatic N) is 3. The molecule has 0 aromatic carbocycles. The summed E-state index contributed by atoms with van der Waals surface area (Å²) in [5.41, 5.74) is 12.7. The molecule has 3 rings (SSSR count). The minimum absolute atomic E-state index is 0.263. The zero-order valence-electron chi connectivity index (χ0n) is 13.2. The maximum absolute atomic E-state index is 11.3. The Labute approximate surface area is 138 Å².